The van der Waals surface area contributed by atoms with Crippen LogP contribution in [-0.4, -0.2) is 21.3 Å². The van der Waals surface area contributed by atoms with Gasteiger partial charge in [0.1, 0.15) is 5.82 Å². The van der Waals surface area contributed by atoms with Crippen LogP contribution in [0.2, 0.25) is 0 Å². The number of aromatic nitrogens is 2. The van der Waals surface area contributed by atoms with Crippen molar-refractivity contribution in [1.82, 2.24) is 9.36 Å². The van der Waals surface area contributed by atoms with Gasteiger partial charge in [-0.15, -0.1) is 0 Å². The maximum Gasteiger partial charge on any atom is 0.243 e. The number of carbonyl (C=O) groups is 1. The fourth-order valence-corrected chi connectivity index (χ4v) is 2.38. The molecule has 0 aliphatic carbocycles. The van der Waals surface area contributed by atoms with Crippen LogP contribution in [0.15, 0.2) is 30.3 Å². The molecule has 0 fully saturated rings. The van der Waals surface area contributed by atoms with Crippen molar-refractivity contribution in [2.24, 2.45) is 5.73 Å². The first kappa shape index (κ1) is 14.6. The van der Waals surface area contributed by atoms with Gasteiger partial charge in [-0.3, -0.25) is 10.1 Å². The molecule has 5 nitrogen and oxygen atoms in total. The summed E-state index contributed by atoms with van der Waals surface area (Å²) in [7, 11) is 0. The van der Waals surface area contributed by atoms with Crippen molar-refractivity contribution >= 4 is 22.6 Å². The Bertz CT molecular complexity index is 555. The highest BCUT2D eigenvalue weighted by molar-refractivity contribution is 7.09. The molecule has 1 unspecified atom stereocenters. The monoisotopic (exact) mass is 290 g/mol. The number of nitrogens with two attached hydrogens (primary N) is 1. The minimum absolute atomic E-state index is 0.200. The maximum atomic E-state index is 11.8. The summed E-state index contributed by atoms with van der Waals surface area (Å²) in [5.41, 5.74) is 6.89. The molecule has 0 bridgehead atoms. The molecule has 0 saturated heterocycles. The van der Waals surface area contributed by atoms with Crippen molar-refractivity contribution < 1.29 is 4.79 Å². The van der Waals surface area contributed by atoms with Crippen LogP contribution in [-0.2, 0) is 11.2 Å². The molecule has 106 valence electrons. The summed E-state index contributed by atoms with van der Waals surface area (Å²) in [4.78, 5) is 16.1. The van der Waals surface area contributed by atoms with E-state index in [0.717, 1.165) is 12.0 Å². The number of carbonyl (C=O) groups excluding carboxylic acids is 1. The lowest BCUT2D eigenvalue weighted by Crippen LogP contribution is -2.35. The molecule has 1 aromatic carbocycles. The predicted molar refractivity (Wildman–Crippen MR) is 80.7 cm³/mol. The Balaban J connectivity index is 1.94. The first-order valence-corrected chi connectivity index (χ1v) is 7.39. The number of nitrogens with zero attached hydrogens (tertiary/aromatic N) is 2. The van der Waals surface area contributed by atoms with Crippen LogP contribution >= 0.6 is 11.5 Å². The number of hydrogen-bond donors (Lipinski definition) is 2. The van der Waals surface area contributed by atoms with Gasteiger partial charge in [0.2, 0.25) is 11.0 Å². The highest BCUT2D eigenvalue weighted by Gasteiger charge is 2.14. The maximum absolute atomic E-state index is 11.8. The normalized spacial score (nSPS) is 12.1. The molecule has 1 aromatic heterocycles. The van der Waals surface area contributed by atoms with Crippen LogP contribution in [0.1, 0.15) is 31.2 Å². The third-order valence-electron chi connectivity index (χ3n) is 2.84. The van der Waals surface area contributed by atoms with E-state index in [-0.39, 0.29) is 5.91 Å². The lowest BCUT2D eigenvalue weighted by Gasteiger charge is -2.08. The van der Waals surface area contributed by atoms with Crippen LogP contribution < -0.4 is 11.1 Å². The highest BCUT2D eigenvalue weighted by Crippen LogP contribution is 2.14. The van der Waals surface area contributed by atoms with Crippen molar-refractivity contribution in [2.75, 3.05) is 5.32 Å². The Kier molecular flexibility index (Phi) is 5.20. The first-order chi connectivity index (χ1) is 9.69. The molecule has 1 heterocycles. The number of amides is 1. The third kappa shape index (κ3) is 4.11. The summed E-state index contributed by atoms with van der Waals surface area (Å²) in [5, 5.41) is 3.22. The molecule has 0 spiro atoms. The molecule has 1 amide bonds. The van der Waals surface area contributed by atoms with Crippen LogP contribution in [0.5, 0.6) is 0 Å². The highest BCUT2D eigenvalue weighted by atomic mass is 32.1. The van der Waals surface area contributed by atoms with E-state index in [4.69, 9.17) is 5.73 Å². The molecule has 2 aromatic rings. The second kappa shape index (κ2) is 7.12. The van der Waals surface area contributed by atoms with Crippen molar-refractivity contribution in [3.8, 4) is 0 Å². The largest absolute Gasteiger partial charge is 0.320 e. The summed E-state index contributed by atoms with van der Waals surface area (Å²) in [6.45, 7) is 2.00. The van der Waals surface area contributed by atoms with Gasteiger partial charge in [-0.1, -0.05) is 43.7 Å². The number of rotatable bonds is 6. The van der Waals surface area contributed by atoms with Gasteiger partial charge in [0.15, 0.2) is 0 Å². The summed E-state index contributed by atoms with van der Waals surface area (Å²) >= 11 is 1.18. The fourth-order valence-electron chi connectivity index (χ4n) is 1.80. The third-order valence-corrected chi connectivity index (χ3v) is 3.51. The van der Waals surface area contributed by atoms with Gasteiger partial charge in [0.25, 0.3) is 0 Å². The fraction of sp³-hybridized carbons (Fsp3) is 0.357. The number of benzene rings is 1. The Morgan fingerprint density at radius 3 is 2.85 bits per heavy atom. The van der Waals surface area contributed by atoms with Crippen LogP contribution in [0.4, 0.5) is 5.13 Å². The topological polar surface area (TPSA) is 80.9 Å². The zero-order valence-electron chi connectivity index (χ0n) is 11.4. The Morgan fingerprint density at radius 2 is 2.15 bits per heavy atom. The molecule has 0 aliphatic rings. The van der Waals surface area contributed by atoms with E-state index < -0.39 is 6.04 Å². The molecule has 0 radical (unpaired) electrons. The zero-order valence-corrected chi connectivity index (χ0v) is 12.2. The van der Waals surface area contributed by atoms with E-state index in [9.17, 15) is 4.79 Å². The van der Waals surface area contributed by atoms with Crippen LogP contribution in [0.25, 0.3) is 0 Å². The quantitative estimate of drug-likeness (QED) is 0.854. The number of nitrogens with one attached hydrogen (secondary N) is 1. The first-order valence-electron chi connectivity index (χ1n) is 6.62. The molecule has 3 N–H and O–H groups in total. The minimum atomic E-state index is -0.485. The van der Waals surface area contributed by atoms with Gasteiger partial charge in [0, 0.05) is 18.0 Å². The average Bonchev–Trinajstić information content (AvgIpc) is 2.87. The molecule has 1 atom stereocenters. The Hall–Kier alpha value is -1.79. The Morgan fingerprint density at radius 1 is 1.40 bits per heavy atom. The van der Waals surface area contributed by atoms with Crippen LogP contribution in [0.3, 0.4) is 0 Å². The van der Waals surface area contributed by atoms with E-state index in [1.165, 1.54) is 11.5 Å². The van der Waals surface area contributed by atoms with Gasteiger partial charge >= 0.3 is 0 Å². The summed E-state index contributed by atoms with van der Waals surface area (Å²) < 4.78 is 4.24. The number of hydrogen-bond acceptors (Lipinski definition) is 5. The van der Waals surface area contributed by atoms with Crippen LogP contribution in [0, 0.1) is 0 Å². The predicted octanol–water partition coefficient (Wildman–Crippen LogP) is 2.19. The number of anilines is 1. The molecule has 20 heavy (non-hydrogen) atoms. The second-order valence-electron chi connectivity index (χ2n) is 4.56. The van der Waals surface area contributed by atoms with Gasteiger partial charge in [-0.2, -0.15) is 4.37 Å². The van der Waals surface area contributed by atoms with E-state index in [1.807, 2.05) is 37.3 Å². The summed E-state index contributed by atoms with van der Waals surface area (Å²) in [6.07, 6.45) is 2.21. The van der Waals surface area contributed by atoms with Gasteiger partial charge in [-0.05, 0) is 12.0 Å². The SMILES string of the molecule is CCCC(N)C(=O)Nc1nc(Cc2ccccc2)ns1. The van der Waals surface area contributed by atoms with Crippen molar-refractivity contribution in [3.63, 3.8) is 0 Å². The zero-order chi connectivity index (χ0) is 14.4. The molecule has 0 saturated carbocycles. The van der Waals surface area contributed by atoms with E-state index >= 15 is 0 Å². The molecule has 2 rings (SSSR count). The van der Waals surface area contributed by atoms with Crippen molar-refractivity contribution in [2.45, 2.75) is 32.2 Å². The summed E-state index contributed by atoms with van der Waals surface area (Å²) in [6, 6.07) is 9.50. The van der Waals surface area contributed by atoms with E-state index in [2.05, 4.69) is 14.7 Å². The second-order valence-corrected chi connectivity index (χ2v) is 5.31. The van der Waals surface area contributed by atoms with E-state index in [1.54, 1.807) is 0 Å². The minimum Gasteiger partial charge on any atom is -0.320 e. The lowest BCUT2D eigenvalue weighted by atomic mass is 10.1. The molecular formula is C14H18N4OS. The standard InChI is InChI=1S/C14H18N4OS/c1-2-6-11(15)13(19)17-14-16-12(18-20-14)9-10-7-4-3-5-8-10/h3-5,7-8,11H,2,6,9,15H2,1H3,(H,16,17,18,19). The average molecular weight is 290 g/mol. The molecular weight excluding hydrogens is 272 g/mol. The summed E-state index contributed by atoms with van der Waals surface area (Å²) in [5.74, 6) is 0.509. The van der Waals surface area contributed by atoms with E-state index in [0.29, 0.717) is 23.8 Å². The lowest BCUT2D eigenvalue weighted by molar-refractivity contribution is -0.117. The van der Waals surface area contributed by atoms with Crippen molar-refractivity contribution in [1.29, 1.82) is 0 Å². The van der Waals surface area contributed by atoms with Gasteiger partial charge < -0.3 is 5.73 Å². The molecule has 6 heteroatoms. The van der Waals surface area contributed by atoms with Gasteiger partial charge in [0.05, 0.1) is 6.04 Å². The smallest absolute Gasteiger partial charge is 0.243 e. The van der Waals surface area contributed by atoms with Gasteiger partial charge in [-0.25, -0.2) is 4.98 Å². The molecule has 0 aliphatic heterocycles. The Labute approximate surface area is 122 Å². The van der Waals surface area contributed by atoms with Crippen molar-refractivity contribution in [3.05, 3.63) is 41.7 Å².